The number of carbonyl (C=O) groups excluding carboxylic acids is 2. The molecule has 3 heteroatoms. The normalized spacial score (nSPS) is 23.6. The van der Waals surface area contributed by atoms with E-state index in [2.05, 4.69) is 17.4 Å². The molecule has 0 radical (unpaired) electrons. The number of benzene rings is 1. The first-order chi connectivity index (χ1) is 8.75. The molecule has 1 heterocycles. The lowest BCUT2D eigenvalue weighted by Gasteiger charge is -2.10. The Hall–Kier alpha value is -1.90. The van der Waals surface area contributed by atoms with Gasteiger partial charge in [0, 0.05) is 5.57 Å². The van der Waals surface area contributed by atoms with E-state index in [9.17, 15) is 9.59 Å². The van der Waals surface area contributed by atoms with Crippen LogP contribution in [0.1, 0.15) is 36.8 Å². The molecular weight excluding hydrogens is 226 g/mol. The highest BCUT2D eigenvalue weighted by atomic mass is 16.2. The van der Waals surface area contributed by atoms with E-state index in [-0.39, 0.29) is 18.2 Å². The van der Waals surface area contributed by atoms with Crippen molar-refractivity contribution in [2.24, 2.45) is 0 Å². The van der Waals surface area contributed by atoms with Crippen LogP contribution >= 0.6 is 0 Å². The van der Waals surface area contributed by atoms with Gasteiger partial charge in [-0.15, -0.1) is 0 Å². The Labute approximate surface area is 106 Å². The zero-order valence-corrected chi connectivity index (χ0v) is 10.2. The molecule has 0 atom stereocenters. The number of allylic oxidation sites excluding steroid dienone is 1. The van der Waals surface area contributed by atoms with Gasteiger partial charge in [0.25, 0.3) is 5.91 Å². The fourth-order valence-corrected chi connectivity index (χ4v) is 2.83. The van der Waals surface area contributed by atoms with E-state index in [0.717, 1.165) is 36.8 Å². The average molecular weight is 241 g/mol. The maximum Gasteiger partial charge on any atom is 0.254 e. The number of rotatable bonds is 0. The molecule has 92 valence electrons. The summed E-state index contributed by atoms with van der Waals surface area (Å²) in [7, 11) is 0. The molecule has 1 N–H and O–H groups in total. The molecule has 3 rings (SSSR count). The monoisotopic (exact) mass is 241 g/mol. The predicted octanol–water partition coefficient (Wildman–Crippen LogP) is 2.21. The zero-order valence-electron chi connectivity index (χ0n) is 10.2. The van der Waals surface area contributed by atoms with Crippen molar-refractivity contribution in [3.05, 3.63) is 41.0 Å². The molecule has 0 unspecified atom stereocenters. The Morgan fingerprint density at radius 3 is 2.50 bits per heavy atom. The van der Waals surface area contributed by atoms with Crippen LogP contribution < -0.4 is 5.32 Å². The number of hydrogen-bond acceptors (Lipinski definition) is 2. The van der Waals surface area contributed by atoms with Gasteiger partial charge in [0.1, 0.15) is 0 Å². The maximum atomic E-state index is 11.8. The van der Waals surface area contributed by atoms with E-state index in [0.29, 0.717) is 5.57 Å². The van der Waals surface area contributed by atoms with Gasteiger partial charge in [0.2, 0.25) is 5.91 Å². The summed E-state index contributed by atoms with van der Waals surface area (Å²) in [5, 5.41) is 2.38. The SMILES string of the molecule is O=C1CC(=C2CCCCc3ccccc32)C(=O)N1. The number of nitrogens with one attached hydrogen (secondary N) is 1. The first-order valence-corrected chi connectivity index (χ1v) is 6.40. The molecule has 2 amide bonds. The molecule has 18 heavy (non-hydrogen) atoms. The Morgan fingerprint density at radius 2 is 1.72 bits per heavy atom. The summed E-state index contributed by atoms with van der Waals surface area (Å²) in [6.07, 6.45) is 4.41. The number of aryl methyl sites for hydroxylation is 1. The van der Waals surface area contributed by atoms with E-state index < -0.39 is 0 Å². The molecule has 3 nitrogen and oxygen atoms in total. The summed E-state index contributed by atoms with van der Waals surface area (Å²) in [6.45, 7) is 0. The number of amides is 2. The van der Waals surface area contributed by atoms with Crippen LogP contribution in [-0.2, 0) is 16.0 Å². The Kier molecular flexibility index (Phi) is 2.74. The van der Waals surface area contributed by atoms with Gasteiger partial charge >= 0.3 is 0 Å². The Bertz CT molecular complexity index is 557. The van der Waals surface area contributed by atoms with E-state index >= 15 is 0 Å². The third-order valence-electron chi connectivity index (χ3n) is 3.69. The average Bonchev–Trinajstić information content (AvgIpc) is 2.60. The fraction of sp³-hybridized carbons (Fsp3) is 0.333. The van der Waals surface area contributed by atoms with Crippen molar-refractivity contribution >= 4 is 17.4 Å². The lowest BCUT2D eigenvalue weighted by atomic mass is 9.93. The minimum absolute atomic E-state index is 0.177. The third-order valence-corrected chi connectivity index (χ3v) is 3.69. The molecule has 1 aliphatic heterocycles. The molecule has 1 aliphatic carbocycles. The lowest BCUT2D eigenvalue weighted by Crippen LogP contribution is -2.19. The molecule has 1 aromatic carbocycles. The van der Waals surface area contributed by atoms with Gasteiger partial charge in [-0.25, -0.2) is 0 Å². The van der Waals surface area contributed by atoms with Crippen molar-refractivity contribution in [2.45, 2.75) is 32.1 Å². The zero-order chi connectivity index (χ0) is 12.5. The fourth-order valence-electron chi connectivity index (χ4n) is 2.83. The lowest BCUT2D eigenvalue weighted by molar-refractivity contribution is -0.124. The highest BCUT2D eigenvalue weighted by molar-refractivity contribution is 6.17. The van der Waals surface area contributed by atoms with E-state index in [1.165, 1.54) is 5.56 Å². The molecular formula is C15H15NO2. The minimum Gasteiger partial charge on any atom is -0.292 e. The van der Waals surface area contributed by atoms with Crippen molar-refractivity contribution < 1.29 is 9.59 Å². The van der Waals surface area contributed by atoms with Crippen LogP contribution in [0.3, 0.4) is 0 Å². The number of hydrogen-bond donors (Lipinski definition) is 1. The second-order valence-electron chi connectivity index (χ2n) is 4.88. The van der Waals surface area contributed by atoms with Crippen molar-refractivity contribution in [3.8, 4) is 0 Å². The summed E-state index contributed by atoms with van der Waals surface area (Å²) in [4.78, 5) is 23.2. The molecule has 0 bridgehead atoms. The van der Waals surface area contributed by atoms with Crippen LogP contribution in [0, 0.1) is 0 Å². The van der Waals surface area contributed by atoms with Crippen LogP contribution in [0.4, 0.5) is 0 Å². The van der Waals surface area contributed by atoms with Crippen LogP contribution in [-0.4, -0.2) is 11.8 Å². The second-order valence-corrected chi connectivity index (χ2v) is 4.88. The van der Waals surface area contributed by atoms with Gasteiger partial charge in [0.05, 0.1) is 6.42 Å². The van der Waals surface area contributed by atoms with E-state index in [1.807, 2.05) is 12.1 Å². The smallest absolute Gasteiger partial charge is 0.254 e. The third kappa shape index (κ3) is 1.86. The van der Waals surface area contributed by atoms with Crippen molar-refractivity contribution in [2.75, 3.05) is 0 Å². The van der Waals surface area contributed by atoms with Gasteiger partial charge in [-0.2, -0.15) is 0 Å². The van der Waals surface area contributed by atoms with E-state index in [4.69, 9.17) is 0 Å². The maximum absolute atomic E-state index is 11.8. The van der Waals surface area contributed by atoms with Gasteiger partial charge in [-0.05, 0) is 42.4 Å². The highest BCUT2D eigenvalue weighted by Gasteiger charge is 2.28. The molecule has 1 aromatic rings. The number of fused-ring (bicyclic) bond motifs is 1. The van der Waals surface area contributed by atoms with Crippen LogP contribution in [0.2, 0.25) is 0 Å². The van der Waals surface area contributed by atoms with Crippen LogP contribution in [0.5, 0.6) is 0 Å². The number of imide groups is 1. The summed E-state index contributed by atoms with van der Waals surface area (Å²) in [6, 6.07) is 8.22. The van der Waals surface area contributed by atoms with Crippen molar-refractivity contribution in [1.82, 2.24) is 5.32 Å². The largest absolute Gasteiger partial charge is 0.292 e. The summed E-state index contributed by atoms with van der Waals surface area (Å²) < 4.78 is 0. The van der Waals surface area contributed by atoms with Crippen LogP contribution in [0.25, 0.3) is 5.57 Å². The molecule has 0 saturated carbocycles. The highest BCUT2D eigenvalue weighted by Crippen LogP contribution is 2.34. The number of carbonyl (C=O) groups is 2. The van der Waals surface area contributed by atoms with E-state index in [1.54, 1.807) is 0 Å². The standard InChI is InChI=1S/C15H15NO2/c17-14-9-13(15(18)16-14)12-8-4-2-6-10-5-1-3-7-11(10)12/h1,3,5,7H,2,4,6,8-9H2,(H,16,17,18). The van der Waals surface area contributed by atoms with Gasteiger partial charge in [-0.3, -0.25) is 14.9 Å². The van der Waals surface area contributed by atoms with Crippen molar-refractivity contribution in [1.29, 1.82) is 0 Å². The Morgan fingerprint density at radius 1 is 0.944 bits per heavy atom. The molecule has 2 aliphatic rings. The summed E-state index contributed by atoms with van der Waals surface area (Å²) in [5.74, 6) is -0.379. The van der Waals surface area contributed by atoms with Crippen LogP contribution in [0.15, 0.2) is 29.8 Å². The van der Waals surface area contributed by atoms with Gasteiger partial charge in [0.15, 0.2) is 0 Å². The molecule has 1 saturated heterocycles. The van der Waals surface area contributed by atoms with Gasteiger partial charge < -0.3 is 0 Å². The Balaban J connectivity index is 2.15. The summed E-state index contributed by atoms with van der Waals surface area (Å²) in [5.41, 5.74) is 4.21. The molecule has 0 aromatic heterocycles. The minimum atomic E-state index is -0.202. The first-order valence-electron chi connectivity index (χ1n) is 6.40. The topological polar surface area (TPSA) is 46.2 Å². The molecule has 0 spiro atoms. The predicted molar refractivity (Wildman–Crippen MR) is 68.7 cm³/mol. The molecule has 1 fully saturated rings. The van der Waals surface area contributed by atoms with Gasteiger partial charge in [-0.1, -0.05) is 24.3 Å². The summed E-state index contributed by atoms with van der Waals surface area (Å²) >= 11 is 0. The second kappa shape index (κ2) is 4.41. The first kappa shape index (κ1) is 11.2. The van der Waals surface area contributed by atoms with Crippen molar-refractivity contribution in [3.63, 3.8) is 0 Å². The quantitative estimate of drug-likeness (QED) is 0.430.